The molecule has 0 radical (unpaired) electrons. The molecule has 1 aliphatic carbocycles. The highest BCUT2D eigenvalue weighted by Gasteiger charge is 2.34. The van der Waals surface area contributed by atoms with E-state index >= 15 is 0 Å². The van der Waals surface area contributed by atoms with Gasteiger partial charge in [-0.25, -0.2) is 9.67 Å². The molecular weight excluding hydrogens is 376 g/mol. The molecule has 4 aromatic rings. The number of aromatic nitrogens is 3. The summed E-state index contributed by atoms with van der Waals surface area (Å²) in [6.45, 7) is 2.49. The number of rotatable bonds is 6. The standard InChI is InChI=1S/C24H22N4O2/c1-16-14-20(28(27-16)15-17-8-4-2-5-9-17)25-23(29)21-22(18-12-13-18)30-24(26-21)19-10-6-3-7-11-19/h2-11,14,18H,12-13,15H2,1H3,(H,25,29). The molecule has 5 rings (SSSR count). The van der Waals surface area contributed by atoms with E-state index in [1.54, 1.807) is 4.68 Å². The van der Waals surface area contributed by atoms with Crippen LogP contribution >= 0.6 is 0 Å². The van der Waals surface area contributed by atoms with Crippen molar-refractivity contribution in [3.8, 4) is 11.5 Å². The molecule has 150 valence electrons. The number of carbonyl (C=O) groups excluding carboxylic acids is 1. The number of carbonyl (C=O) groups is 1. The number of oxazole rings is 1. The minimum atomic E-state index is -0.267. The quantitative estimate of drug-likeness (QED) is 0.495. The molecule has 0 aliphatic heterocycles. The van der Waals surface area contributed by atoms with Gasteiger partial charge in [0.2, 0.25) is 5.89 Å². The van der Waals surface area contributed by atoms with Crippen molar-refractivity contribution in [2.75, 3.05) is 5.32 Å². The Morgan fingerprint density at radius 2 is 1.80 bits per heavy atom. The number of amides is 1. The molecule has 0 bridgehead atoms. The predicted octanol–water partition coefficient (Wildman–Crippen LogP) is 5.02. The largest absolute Gasteiger partial charge is 0.440 e. The fraction of sp³-hybridized carbons (Fsp3) is 0.208. The number of nitrogens with one attached hydrogen (secondary N) is 1. The Bertz CT molecular complexity index is 1170. The highest BCUT2D eigenvalue weighted by molar-refractivity contribution is 6.03. The van der Waals surface area contributed by atoms with Gasteiger partial charge in [-0.05, 0) is 37.5 Å². The van der Waals surface area contributed by atoms with Gasteiger partial charge in [0, 0.05) is 17.5 Å². The second-order valence-electron chi connectivity index (χ2n) is 7.64. The lowest BCUT2D eigenvalue weighted by atomic mass is 10.2. The average Bonchev–Trinajstić information content (AvgIpc) is 3.42. The zero-order chi connectivity index (χ0) is 20.5. The Balaban J connectivity index is 1.43. The van der Waals surface area contributed by atoms with Crippen molar-refractivity contribution in [3.63, 3.8) is 0 Å². The number of benzene rings is 2. The Morgan fingerprint density at radius 1 is 1.10 bits per heavy atom. The highest BCUT2D eigenvalue weighted by atomic mass is 16.4. The average molecular weight is 398 g/mol. The van der Waals surface area contributed by atoms with Crippen LogP contribution in [0.1, 0.15) is 46.3 Å². The van der Waals surface area contributed by atoms with E-state index in [-0.39, 0.29) is 11.8 Å². The summed E-state index contributed by atoms with van der Waals surface area (Å²) in [7, 11) is 0. The van der Waals surface area contributed by atoms with Gasteiger partial charge in [0.25, 0.3) is 5.91 Å². The summed E-state index contributed by atoms with van der Waals surface area (Å²) in [5, 5.41) is 7.53. The maximum Gasteiger partial charge on any atom is 0.279 e. The van der Waals surface area contributed by atoms with Crippen molar-refractivity contribution in [2.45, 2.75) is 32.2 Å². The smallest absolute Gasteiger partial charge is 0.279 e. The van der Waals surface area contributed by atoms with Gasteiger partial charge in [0.05, 0.1) is 12.2 Å². The predicted molar refractivity (Wildman–Crippen MR) is 114 cm³/mol. The molecule has 6 heteroatoms. The summed E-state index contributed by atoms with van der Waals surface area (Å²) >= 11 is 0. The first kappa shape index (κ1) is 18.4. The molecule has 1 aliphatic rings. The van der Waals surface area contributed by atoms with E-state index < -0.39 is 0 Å². The van der Waals surface area contributed by atoms with E-state index in [0.29, 0.717) is 29.7 Å². The van der Waals surface area contributed by atoms with E-state index in [9.17, 15) is 4.79 Å². The Morgan fingerprint density at radius 3 is 2.50 bits per heavy atom. The number of nitrogens with zero attached hydrogens (tertiary/aromatic N) is 3. The van der Waals surface area contributed by atoms with Gasteiger partial charge >= 0.3 is 0 Å². The molecule has 0 unspecified atom stereocenters. The highest BCUT2D eigenvalue weighted by Crippen LogP contribution is 2.43. The number of hydrogen-bond donors (Lipinski definition) is 1. The first-order valence-corrected chi connectivity index (χ1v) is 10.1. The van der Waals surface area contributed by atoms with Crippen molar-refractivity contribution in [1.29, 1.82) is 0 Å². The summed E-state index contributed by atoms with van der Waals surface area (Å²) in [4.78, 5) is 17.7. The molecule has 2 aromatic heterocycles. The minimum absolute atomic E-state index is 0.267. The molecule has 1 N–H and O–H groups in total. The fourth-order valence-electron chi connectivity index (χ4n) is 3.52. The number of anilines is 1. The lowest BCUT2D eigenvalue weighted by molar-refractivity contribution is 0.102. The van der Waals surface area contributed by atoms with E-state index in [1.807, 2.05) is 73.7 Å². The van der Waals surface area contributed by atoms with Gasteiger partial charge < -0.3 is 9.73 Å². The molecule has 6 nitrogen and oxygen atoms in total. The third kappa shape index (κ3) is 3.76. The van der Waals surface area contributed by atoms with Crippen molar-refractivity contribution >= 4 is 11.7 Å². The lowest BCUT2D eigenvalue weighted by Crippen LogP contribution is -2.17. The molecule has 2 aromatic carbocycles. The molecule has 30 heavy (non-hydrogen) atoms. The molecular formula is C24H22N4O2. The van der Waals surface area contributed by atoms with Crippen LogP contribution in [0.15, 0.2) is 71.1 Å². The van der Waals surface area contributed by atoms with Crippen LogP contribution in [0.25, 0.3) is 11.5 Å². The fourth-order valence-corrected chi connectivity index (χ4v) is 3.52. The Hall–Kier alpha value is -3.67. The van der Waals surface area contributed by atoms with Crippen molar-refractivity contribution < 1.29 is 9.21 Å². The monoisotopic (exact) mass is 398 g/mol. The third-order valence-electron chi connectivity index (χ3n) is 5.16. The van der Waals surface area contributed by atoms with Gasteiger partial charge in [0.15, 0.2) is 5.69 Å². The molecule has 0 saturated heterocycles. The van der Waals surface area contributed by atoms with E-state index in [4.69, 9.17) is 4.42 Å². The minimum Gasteiger partial charge on any atom is -0.440 e. The second-order valence-corrected chi connectivity index (χ2v) is 7.64. The molecule has 2 heterocycles. The van der Waals surface area contributed by atoms with E-state index in [2.05, 4.69) is 15.4 Å². The van der Waals surface area contributed by atoms with Gasteiger partial charge in [-0.2, -0.15) is 5.10 Å². The second kappa shape index (κ2) is 7.63. The van der Waals surface area contributed by atoms with Gasteiger partial charge in [-0.15, -0.1) is 0 Å². The van der Waals surface area contributed by atoms with E-state index in [1.165, 1.54) is 0 Å². The Kier molecular flexibility index (Phi) is 4.67. The van der Waals surface area contributed by atoms with Crippen LogP contribution in [-0.2, 0) is 6.54 Å². The SMILES string of the molecule is Cc1cc(NC(=O)c2nc(-c3ccccc3)oc2C2CC2)n(Cc2ccccc2)n1. The molecule has 1 amide bonds. The van der Waals surface area contributed by atoms with Crippen LogP contribution in [0.3, 0.4) is 0 Å². The normalized spacial score (nSPS) is 13.4. The van der Waals surface area contributed by atoms with Crippen LogP contribution in [0, 0.1) is 6.92 Å². The van der Waals surface area contributed by atoms with Gasteiger partial charge in [0.1, 0.15) is 11.6 Å². The topological polar surface area (TPSA) is 73.0 Å². The van der Waals surface area contributed by atoms with Crippen molar-refractivity contribution in [2.24, 2.45) is 0 Å². The summed E-state index contributed by atoms with van der Waals surface area (Å²) < 4.78 is 7.82. The summed E-state index contributed by atoms with van der Waals surface area (Å²) in [6, 6.07) is 21.6. The first-order valence-electron chi connectivity index (χ1n) is 10.1. The molecule has 1 fully saturated rings. The number of aryl methyl sites for hydroxylation is 1. The molecule has 1 saturated carbocycles. The maximum atomic E-state index is 13.2. The van der Waals surface area contributed by atoms with Gasteiger partial charge in [-0.1, -0.05) is 48.5 Å². The first-order chi connectivity index (χ1) is 14.7. The van der Waals surface area contributed by atoms with Crippen molar-refractivity contribution in [3.05, 3.63) is 89.4 Å². The van der Waals surface area contributed by atoms with Crippen molar-refractivity contribution in [1.82, 2.24) is 14.8 Å². The van der Waals surface area contributed by atoms with Crippen LogP contribution < -0.4 is 5.32 Å². The van der Waals surface area contributed by atoms with Crippen LogP contribution in [0.4, 0.5) is 5.82 Å². The lowest BCUT2D eigenvalue weighted by Gasteiger charge is -2.08. The van der Waals surface area contributed by atoms with Crippen LogP contribution in [-0.4, -0.2) is 20.7 Å². The molecule has 0 spiro atoms. The zero-order valence-electron chi connectivity index (χ0n) is 16.7. The van der Waals surface area contributed by atoms with E-state index in [0.717, 1.165) is 29.7 Å². The van der Waals surface area contributed by atoms with Crippen LogP contribution in [0.2, 0.25) is 0 Å². The number of hydrogen-bond acceptors (Lipinski definition) is 4. The third-order valence-corrected chi connectivity index (χ3v) is 5.16. The Labute approximate surface area is 174 Å². The van der Waals surface area contributed by atoms with Crippen LogP contribution in [0.5, 0.6) is 0 Å². The maximum absolute atomic E-state index is 13.2. The summed E-state index contributed by atoms with van der Waals surface area (Å²) in [5.41, 5.74) is 3.18. The zero-order valence-corrected chi connectivity index (χ0v) is 16.7. The molecule has 0 atom stereocenters. The summed E-state index contributed by atoms with van der Waals surface area (Å²) in [5.74, 6) is 1.81. The van der Waals surface area contributed by atoms with Gasteiger partial charge in [-0.3, -0.25) is 4.79 Å². The summed E-state index contributed by atoms with van der Waals surface area (Å²) in [6.07, 6.45) is 2.05.